The number of rotatable bonds is 8. The number of hydrogen-bond acceptors (Lipinski definition) is 5. The van der Waals surface area contributed by atoms with E-state index in [-0.39, 0.29) is 28.7 Å². The van der Waals surface area contributed by atoms with Crippen LogP contribution in [0.3, 0.4) is 0 Å². The Morgan fingerprint density at radius 2 is 1.66 bits per heavy atom. The van der Waals surface area contributed by atoms with Gasteiger partial charge in [0, 0.05) is 22.1 Å². The lowest BCUT2D eigenvalue weighted by atomic mass is 9.82. The minimum Gasteiger partial charge on any atom is -0.508 e. The van der Waals surface area contributed by atoms with Crippen LogP contribution in [0.15, 0.2) is 71.6 Å². The molecule has 2 aliphatic heterocycles. The molecule has 5 rings (SSSR count). The lowest BCUT2D eigenvalue weighted by Crippen LogP contribution is -3.13. The van der Waals surface area contributed by atoms with Crippen molar-refractivity contribution in [2.75, 3.05) is 33.3 Å². The van der Waals surface area contributed by atoms with Gasteiger partial charge in [-0.1, -0.05) is 30.3 Å². The molecule has 0 amide bonds. The quantitative estimate of drug-likeness (QED) is 0.375. The lowest BCUT2D eigenvalue weighted by Gasteiger charge is -2.29. The number of quaternary nitrogens is 1. The number of aromatic hydroxyl groups is 2. The van der Waals surface area contributed by atoms with Crippen LogP contribution < -0.4 is 15.0 Å². The predicted octanol–water partition coefficient (Wildman–Crippen LogP) is 4.44. The lowest BCUT2D eigenvalue weighted by molar-refractivity contribution is -0.904. The van der Waals surface area contributed by atoms with E-state index in [1.54, 1.807) is 34.9 Å². The molecular formula is C29H35N2O3S+. The van der Waals surface area contributed by atoms with Gasteiger partial charge in [0.05, 0.1) is 13.1 Å². The summed E-state index contributed by atoms with van der Waals surface area (Å²) in [4.78, 5) is 2.76. The summed E-state index contributed by atoms with van der Waals surface area (Å²) < 4.78 is 6.08. The largest absolute Gasteiger partial charge is 0.508 e. The van der Waals surface area contributed by atoms with Gasteiger partial charge in [0.15, 0.2) is 0 Å². The first kappa shape index (κ1) is 24.0. The van der Waals surface area contributed by atoms with Crippen LogP contribution in [0.4, 0.5) is 0 Å². The number of likely N-dealkylation sites (N-methyl/N-ethyl adjacent to an activating group) is 1. The molecule has 2 heterocycles. The molecule has 2 aliphatic rings. The fourth-order valence-electron chi connectivity index (χ4n) is 5.51. The average molecular weight is 492 g/mol. The van der Waals surface area contributed by atoms with Crippen molar-refractivity contribution in [1.82, 2.24) is 5.32 Å². The summed E-state index contributed by atoms with van der Waals surface area (Å²) in [5, 5.41) is 23.6. The fourth-order valence-corrected chi connectivity index (χ4v) is 7.05. The molecule has 6 heteroatoms. The van der Waals surface area contributed by atoms with Gasteiger partial charge in [-0.3, -0.25) is 0 Å². The summed E-state index contributed by atoms with van der Waals surface area (Å²) in [6, 6.07) is 21.8. The Morgan fingerprint density at radius 3 is 2.37 bits per heavy atom. The SMILES string of the molecule is CNC(c1ccc(OCC[NH+]2CCCCC2)cc1)C1c2ccc(O)cc2SC1c1ccc(O)cc1. The van der Waals surface area contributed by atoms with Gasteiger partial charge in [0.25, 0.3) is 0 Å². The number of hydrogen-bond donors (Lipinski definition) is 4. The first-order chi connectivity index (χ1) is 17.1. The maximum absolute atomic E-state index is 10.1. The molecule has 3 aromatic rings. The standard InChI is InChI=1S/C29H34N2O3S/c1-30-28(20-7-12-24(13-8-20)34-18-17-31-15-3-2-4-16-31)27-25-14-11-23(33)19-26(25)35-29(27)21-5-9-22(32)10-6-21/h5-14,19,27-30,32-33H,2-4,15-18H2,1H3/p+1. The van der Waals surface area contributed by atoms with Gasteiger partial charge in [0.1, 0.15) is 30.4 Å². The van der Waals surface area contributed by atoms with Crippen LogP contribution >= 0.6 is 11.8 Å². The smallest absolute Gasteiger partial charge is 0.137 e. The number of thioether (sulfide) groups is 1. The zero-order valence-electron chi connectivity index (χ0n) is 20.2. The van der Waals surface area contributed by atoms with E-state index in [1.165, 1.54) is 43.5 Å². The fraction of sp³-hybridized carbons (Fsp3) is 0.379. The number of fused-ring (bicyclic) bond motifs is 1. The molecule has 184 valence electrons. The van der Waals surface area contributed by atoms with Crippen molar-refractivity contribution in [1.29, 1.82) is 0 Å². The predicted molar refractivity (Wildman–Crippen MR) is 141 cm³/mol. The van der Waals surface area contributed by atoms with Crippen LogP contribution in [-0.2, 0) is 0 Å². The number of piperidine rings is 1. The number of benzene rings is 3. The highest BCUT2D eigenvalue weighted by Gasteiger charge is 2.40. The number of phenolic OH excluding ortho intramolecular Hbond substituents is 2. The molecule has 5 nitrogen and oxygen atoms in total. The number of nitrogens with one attached hydrogen (secondary N) is 2. The topological polar surface area (TPSA) is 66.2 Å². The summed E-state index contributed by atoms with van der Waals surface area (Å²) >= 11 is 1.77. The van der Waals surface area contributed by atoms with Gasteiger partial charge in [-0.25, -0.2) is 0 Å². The maximum Gasteiger partial charge on any atom is 0.137 e. The van der Waals surface area contributed by atoms with Crippen molar-refractivity contribution in [3.05, 3.63) is 83.4 Å². The van der Waals surface area contributed by atoms with Gasteiger partial charge in [0.2, 0.25) is 0 Å². The summed E-state index contributed by atoms with van der Waals surface area (Å²) in [6.45, 7) is 4.36. The summed E-state index contributed by atoms with van der Waals surface area (Å²) in [7, 11) is 2.01. The van der Waals surface area contributed by atoms with Crippen LogP contribution in [-0.4, -0.2) is 43.5 Å². The molecule has 0 aromatic heterocycles. The minimum atomic E-state index is 0.0824. The highest BCUT2D eigenvalue weighted by Crippen LogP contribution is 2.59. The first-order valence-corrected chi connectivity index (χ1v) is 13.5. The van der Waals surface area contributed by atoms with Crippen LogP contribution in [0, 0.1) is 0 Å². The third-order valence-electron chi connectivity index (χ3n) is 7.35. The molecule has 0 bridgehead atoms. The summed E-state index contributed by atoms with van der Waals surface area (Å²) in [5.74, 6) is 1.64. The number of likely N-dealkylation sites (tertiary alicyclic amines) is 1. The molecule has 35 heavy (non-hydrogen) atoms. The summed E-state index contributed by atoms with van der Waals surface area (Å²) in [6.07, 6.45) is 4.04. The third kappa shape index (κ3) is 5.45. The van der Waals surface area contributed by atoms with E-state index in [0.717, 1.165) is 29.4 Å². The molecule has 1 fully saturated rings. The molecule has 0 radical (unpaired) electrons. The van der Waals surface area contributed by atoms with Crippen molar-refractivity contribution in [3.63, 3.8) is 0 Å². The Labute approximate surface area is 212 Å². The highest BCUT2D eigenvalue weighted by atomic mass is 32.2. The molecule has 1 saturated heterocycles. The molecule has 0 spiro atoms. The zero-order valence-corrected chi connectivity index (χ0v) is 21.1. The Balaban J connectivity index is 1.35. The second-order valence-electron chi connectivity index (χ2n) is 9.62. The van der Waals surface area contributed by atoms with Crippen molar-refractivity contribution in [2.45, 2.75) is 41.4 Å². The minimum absolute atomic E-state index is 0.0824. The van der Waals surface area contributed by atoms with E-state index in [0.29, 0.717) is 0 Å². The maximum atomic E-state index is 10.1. The van der Waals surface area contributed by atoms with Crippen LogP contribution in [0.25, 0.3) is 0 Å². The highest BCUT2D eigenvalue weighted by molar-refractivity contribution is 8.00. The zero-order chi connectivity index (χ0) is 24.2. The Morgan fingerprint density at radius 1 is 0.943 bits per heavy atom. The molecule has 0 aliphatic carbocycles. The van der Waals surface area contributed by atoms with E-state index >= 15 is 0 Å². The number of phenols is 2. The van der Waals surface area contributed by atoms with Crippen LogP contribution in [0.1, 0.15) is 53.2 Å². The molecule has 3 atom stereocenters. The van der Waals surface area contributed by atoms with Crippen molar-refractivity contribution >= 4 is 11.8 Å². The van der Waals surface area contributed by atoms with Crippen molar-refractivity contribution < 1.29 is 19.8 Å². The van der Waals surface area contributed by atoms with Gasteiger partial charge in [-0.05, 0) is 79.4 Å². The second-order valence-corrected chi connectivity index (χ2v) is 10.8. The van der Waals surface area contributed by atoms with Crippen LogP contribution in [0.5, 0.6) is 17.2 Å². The van der Waals surface area contributed by atoms with E-state index in [1.807, 2.05) is 31.3 Å². The van der Waals surface area contributed by atoms with E-state index < -0.39 is 0 Å². The third-order valence-corrected chi connectivity index (χ3v) is 8.78. The average Bonchev–Trinajstić information content (AvgIpc) is 3.25. The van der Waals surface area contributed by atoms with Gasteiger partial charge in [-0.15, -0.1) is 11.8 Å². The van der Waals surface area contributed by atoms with Gasteiger partial charge >= 0.3 is 0 Å². The Bertz CT molecular complexity index is 1110. The van der Waals surface area contributed by atoms with E-state index in [9.17, 15) is 10.2 Å². The van der Waals surface area contributed by atoms with Crippen molar-refractivity contribution in [3.8, 4) is 17.2 Å². The Hall–Kier alpha value is -2.67. The monoisotopic (exact) mass is 491 g/mol. The van der Waals surface area contributed by atoms with E-state index in [2.05, 4.69) is 29.6 Å². The van der Waals surface area contributed by atoms with Crippen LogP contribution in [0.2, 0.25) is 0 Å². The second kappa shape index (κ2) is 10.9. The molecular weight excluding hydrogens is 456 g/mol. The molecule has 3 aromatic carbocycles. The van der Waals surface area contributed by atoms with Gasteiger partial charge < -0.3 is 25.2 Å². The normalized spacial score (nSPS) is 20.9. The van der Waals surface area contributed by atoms with Crippen molar-refractivity contribution in [2.24, 2.45) is 0 Å². The molecule has 4 N–H and O–H groups in total. The molecule has 0 saturated carbocycles. The number of ether oxygens (including phenoxy) is 1. The van der Waals surface area contributed by atoms with Gasteiger partial charge in [-0.2, -0.15) is 0 Å². The van der Waals surface area contributed by atoms with E-state index in [4.69, 9.17) is 4.74 Å². The Kier molecular flexibility index (Phi) is 7.51. The molecule has 3 unspecified atom stereocenters. The summed E-state index contributed by atoms with van der Waals surface area (Å²) in [5.41, 5.74) is 3.60. The first-order valence-electron chi connectivity index (χ1n) is 12.6.